The number of halogens is 4. The van der Waals surface area contributed by atoms with E-state index < -0.39 is 34.8 Å². The lowest BCUT2D eigenvalue weighted by Crippen LogP contribution is -2.52. The molecule has 0 atom stereocenters. The predicted octanol–water partition coefficient (Wildman–Crippen LogP) is 3.09. The number of benzene rings is 1. The van der Waals surface area contributed by atoms with E-state index >= 15 is 0 Å². The second-order valence-electron chi connectivity index (χ2n) is 4.38. The van der Waals surface area contributed by atoms with Crippen molar-refractivity contribution in [2.75, 3.05) is 0 Å². The molecule has 0 fully saturated rings. The second-order valence-corrected chi connectivity index (χ2v) is 5.54. The average molecular weight is 402 g/mol. The first-order valence-corrected chi connectivity index (χ1v) is 6.37. The van der Waals surface area contributed by atoms with Crippen molar-refractivity contribution in [1.82, 2.24) is 0 Å². The SMILES string of the molecule is CC(C)(OC(=O)c1c(F)cccc1I)C(F)(F)C(=O)O. The number of hydrogen-bond acceptors (Lipinski definition) is 3. The van der Waals surface area contributed by atoms with Gasteiger partial charge in [0, 0.05) is 3.57 Å². The van der Waals surface area contributed by atoms with E-state index in [-0.39, 0.29) is 3.57 Å². The summed E-state index contributed by atoms with van der Waals surface area (Å²) in [5.74, 6) is -9.02. The van der Waals surface area contributed by atoms with Crippen molar-refractivity contribution in [3.05, 3.63) is 33.1 Å². The van der Waals surface area contributed by atoms with Crippen LogP contribution >= 0.6 is 22.6 Å². The normalized spacial score (nSPS) is 12.1. The molecule has 0 amide bonds. The first-order valence-electron chi connectivity index (χ1n) is 5.29. The van der Waals surface area contributed by atoms with E-state index in [1.54, 1.807) is 22.6 Å². The number of alkyl halides is 2. The molecule has 0 aromatic heterocycles. The Hall–Kier alpha value is -1.32. The summed E-state index contributed by atoms with van der Waals surface area (Å²) in [5.41, 5.74) is -3.14. The number of esters is 1. The summed E-state index contributed by atoms with van der Waals surface area (Å²) in [6.45, 7) is 1.49. The van der Waals surface area contributed by atoms with Gasteiger partial charge in [0.15, 0.2) is 5.60 Å². The fourth-order valence-electron chi connectivity index (χ4n) is 1.30. The number of carbonyl (C=O) groups excluding carboxylic acids is 1. The Morgan fingerprint density at radius 1 is 1.30 bits per heavy atom. The number of carboxylic acid groups (broad SMARTS) is 1. The van der Waals surface area contributed by atoms with Crippen molar-refractivity contribution < 1.29 is 32.6 Å². The zero-order chi connectivity index (χ0) is 15.7. The van der Waals surface area contributed by atoms with E-state index in [9.17, 15) is 22.8 Å². The molecule has 0 heterocycles. The zero-order valence-electron chi connectivity index (χ0n) is 10.4. The Kier molecular flexibility index (Phi) is 4.67. The number of carbonyl (C=O) groups is 2. The van der Waals surface area contributed by atoms with Gasteiger partial charge in [-0.2, -0.15) is 8.78 Å². The summed E-state index contributed by atoms with van der Waals surface area (Å²) in [5, 5.41) is 8.45. The van der Waals surface area contributed by atoms with Crippen LogP contribution in [0.5, 0.6) is 0 Å². The van der Waals surface area contributed by atoms with Crippen LogP contribution in [0.15, 0.2) is 18.2 Å². The molecule has 0 aliphatic carbocycles. The quantitative estimate of drug-likeness (QED) is 0.621. The van der Waals surface area contributed by atoms with Gasteiger partial charge in [-0.15, -0.1) is 0 Å². The Balaban J connectivity index is 3.10. The number of aliphatic carboxylic acids is 1. The van der Waals surface area contributed by atoms with Gasteiger partial charge in [-0.3, -0.25) is 0 Å². The highest BCUT2D eigenvalue weighted by molar-refractivity contribution is 14.1. The van der Waals surface area contributed by atoms with Crippen molar-refractivity contribution in [2.24, 2.45) is 0 Å². The highest BCUT2D eigenvalue weighted by atomic mass is 127. The summed E-state index contributed by atoms with van der Waals surface area (Å²) in [7, 11) is 0. The topological polar surface area (TPSA) is 63.6 Å². The maximum absolute atomic E-state index is 13.5. The predicted molar refractivity (Wildman–Crippen MR) is 71.2 cm³/mol. The van der Waals surface area contributed by atoms with Crippen molar-refractivity contribution >= 4 is 34.5 Å². The van der Waals surface area contributed by atoms with Crippen LogP contribution in [0.3, 0.4) is 0 Å². The molecule has 4 nitrogen and oxygen atoms in total. The number of ether oxygens (including phenoxy) is 1. The van der Waals surface area contributed by atoms with Crippen LogP contribution in [0, 0.1) is 9.39 Å². The standard InChI is InChI=1S/C12H10F3IO4/c1-11(2,12(14,15)10(18)19)20-9(17)8-6(13)4-3-5-7(8)16/h3-5H,1-2H3,(H,18,19). The van der Waals surface area contributed by atoms with E-state index in [2.05, 4.69) is 4.74 Å². The molecule has 0 aliphatic rings. The van der Waals surface area contributed by atoms with Gasteiger partial charge >= 0.3 is 17.9 Å². The van der Waals surface area contributed by atoms with Crippen LogP contribution in [0.25, 0.3) is 0 Å². The maximum Gasteiger partial charge on any atom is 0.380 e. The molecule has 110 valence electrons. The second kappa shape index (κ2) is 5.58. The van der Waals surface area contributed by atoms with Crippen LogP contribution in [0.4, 0.5) is 13.2 Å². The minimum absolute atomic E-state index is 0.169. The van der Waals surface area contributed by atoms with Crippen LogP contribution in [-0.2, 0) is 9.53 Å². The minimum Gasteiger partial charge on any atom is -0.477 e. The molecule has 1 aromatic rings. The van der Waals surface area contributed by atoms with Gasteiger partial charge in [0.1, 0.15) is 11.4 Å². The lowest BCUT2D eigenvalue weighted by molar-refractivity contribution is -0.200. The van der Waals surface area contributed by atoms with Gasteiger partial charge < -0.3 is 9.84 Å². The van der Waals surface area contributed by atoms with Crippen molar-refractivity contribution in [3.63, 3.8) is 0 Å². The van der Waals surface area contributed by atoms with Gasteiger partial charge in [0.05, 0.1) is 0 Å². The van der Waals surface area contributed by atoms with E-state index in [1.165, 1.54) is 12.1 Å². The smallest absolute Gasteiger partial charge is 0.380 e. The van der Waals surface area contributed by atoms with Gasteiger partial charge in [0.2, 0.25) is 0 Å². The third kappa shape index (κ3) is 3.05. The summed E-state index contributed by atoms with van der Waals surface area (Å²) in [4.78, 5) is 22.3. The molecule has 0 saturated heterocycles. The number of rotatable bonds is 4. The third-order valence-corrected chi connectivity index (χ3v) is 3.44. The molecule has 1 rings (SSSR count). The van der Waals surface area contributed by atoms with Crippen molar-refractivity contribution in [2.45, 2.75) is 25.4 Å². The molecule has 0 bridgehead atoms. The largest absolute Gasteiger partial charge is 0.477 e. The Labute approximate surface area is 126 Å². The van der Waals surface area contributed by atoms with Crippen LogP contribution in [0.2, 0.25) is 0 Å². The number of hydrogen-bond donors (Lipinski definition) is 1. The van der Waals surface area contributed by atoms with Crippen molar-refractivity contribution in [3.8, 4) is 0 Å². The molecule has 20 heavy (non-hydrogen) atoms. The minimum atomic E-state index is -4.31. The third-order valence-electron chi connectivity index (χ3n) is 2.54. The highest BCUT2D eigenvalue weighted by Gasteiger charge is 2.57. The first-order chi connectivity index (χ1) is 9.00. The van der Waals surface area contributed by atoms with Gasteiger partial charge in [-0.25, -0.2) is 14.0 Å². The maximum atomic E-state index is 13.5. The molecule has 1 aromatic carbocycles. The van der Waals surface area contributed by atoms with Gasteiger partial charge in [-0.05, 0) is 48.6 Å². The van der Waals surface area contributed by atoms with Gasteiger partial charge in [0.25, 0.3) is 0 Å². The molecular formula is C12H10F3IO4. The molecule has 0 unspecified atom stereocenters. The lowest BCUT2D eigenvalue weighted by Gasteiger charge is -2.30. The average Bonchev–Trinajstić information content (AvgIpc) is 2.27. The fraction of sp³-hybridized carbons (Fsp3) is 0.333. The van der Waals surface area contributed by atoms with E-state index in [4.69, 9.17) is 5.11 Å². The Morgan fingerprint density at radius 2 is 1.85 bits per heavy atom. The highest BCUT2D eigenvalue weighted by Crippen LogP contribution is 2.33. The molecule has 8 heteroatoms. The Bertz CT molecular complexity index is 537. The molecular weight excluding hydrogens is 392 g/mol. The van der Waals surface area contributed by atoms with E-state index in [0.29, 0.717) is 0 Å². The molecule has 0 aliphatic heterocycles. The fourth-order valence-corrected chi connectivity index (χ4v) is 1.98. The lowest BCUT2D eigenvalue weighted by atomic mass is 10.0. The summed E-state index contributed by atoms with van der Waals surface area (Å²) >= 11 is 1.64. The van der Waals surface area contributed by atoms with Crippen LogP contribution < -0.4 is 0 Å². The number of carboxylic acids is 1. The summed E-state index contributed by atoms with van der Waals surface area (Å²) < 4.78 is 45.0. The summed E-state index contributed by atoms with van der Waals surface area (Å²) in [6, 6.07) is 3.70. The van der Waals surface area contributed by atoms with Crippen LogP contribution in [-0.4, -0.2) is 28.6 Å². The monoisotopic (exact) mass is 402 g/mol. The van der Waals surface area contributed by atoms with E-state index in [0.717, 1.165) is 19.9 Å². The summed E-state index contributed by atoms with van der Waals surface area (Å²) in [6.07, 6.45) is 0. The van der Waals surface area contributed by atoms with Crippen molar-refractivity contribution in [1.29, 1.82) is 0 Å². The molecule has 0 saturated carbocycles. The van der Waals surface area contributed by atoms with Gasteiger partial charge in [-0.1, -0.05) is 6.07 Å². The Morgan fingerprint density at radius 3 is 2.30 bits per heavy atom. The molecule has 1 N–H and O–H groups in total. The zero-order valence-corrected chi connectivity index (χ0v) is 12.6. The van der Waals surface area contributed by atoms with E-state index in [1.807, 2.05) is 0 Å². The first kappa shape index (κ1) is 16.7. The van der Waals surface area contributed by atoms with Crippen LogP contribution in [0.1, 0.15) is 24.2 Å². The molecule has 0 spiro atoms. The molecule has 0 radical (unpaired) electrons.